The highest BCUT2D eigenvalue weighted by Gasteiger charge is 2.34. The second-order valence-electron chi connectivity index (χ2n) is 7.61. The molecule has 2 aromatic heterocycles. The Bertz CT molecular complexity index is 824. The van der Waals surface area contributed by atoms with Crippen molar-refractivity contribution < 1.29 is 19.1 Å². The summed E-state index contributed by atoms with van der Waals surface area (Å²) in [6.07, 6.45) is 1.79. The van der Waals surface area contributed by atoms with E-state index in [1.165, 1.54) is 0 Å². The summed E-state index contributed by atoms with van der Waals surface area (Å²) in [6, 6.07) is 1.63. The lowest BCUT2D eigenvalue weighted by molar-refractivity contribution is 0.0431. The van der Waals surface area contributed by atoms with Crippen LogP contribution in [0.25, 0.3) is 5.65 Å². The van der Waals surface area contributed by atoms with Gasteiger partial charge in [-0.3, -0.25) is 4.40 Å². The normalized spacial score (nSPS) is 12.2. The van der Waals surface area contributed by atoms with Gasteiger partial charge in [-0.1, -0.05) is 0 Å². The summed E-state index contributed by atoms with van der Waals surface area (Å²) >= 11 is 5.53. The van der Waals surface area contributed by atoms with Gasteiger partial charge in [-0.05, 0) is 86.1 Å². The number of hydrogen-bond donors (Lipinski definition) is 0. The van der Waals surface area contributed by atoms with Crippen LogP contribution < -0.4 is 4.90 Å². The highest BCUT2D eigenvalue weighted by atomic mass is 127. The number of carbonyl (C=O) groups excluding carboxylic acids is 2. The molecule has 2 rings (SSSR count). The van der Waals surface area contributed by atoms with Crippen molar-refractivity contribution in [1.82, 2.24) is 9.38 Å². The SMILES string of the molecule is CC(C)(C)OC(=O)N(C(=O)OC(C)(C)C)c1cc(Br)cn2c(I)cnc12. The van der Waals surface area contributed by atoms with Crippen LogP contribution in [0.3, 0.4) is 0 Å². The van der Waals surface area contributed by atoms with E-state index < -0.39 is 23.4 Å². The minimum atomic E-state index is -0.829. The first-order valence-electron chi connectivity index (χ1n) is 7.87. The van der Waals surface area contributed by atoms with E-state index >= 15 is 0 Å². The zero-order chi connectivity index (χ0) is 19.9. The van der Waals surface area contributed by atoms with E-state index in [9.17, 15) is 9.59 Å². The molecule has 0 saturated heterocycles. The minimum absolute atomic E-state index is 0.269. The van der Waals surface area contributed by atoms with Crippen LogP contribution in [0.5, 0.6) is 0 Å². The van der Waals surface area contributed by atoms with Crippen LogP contribution in [0.1, 0.15) is 41.5 Å². The molecule has 0 saturated carbocycles. The number of amides is 2. The lowest BCUT2D eigenvalue weighted by Gasteiger charge is -2.28. The van der Waals surface area contributed by atoms with Gasteiger partial charge in [-0.15, -0.1) is 0 Å². The summed E-state index contributed by atoms with van der Waals surface area (Å²) in [7, 11) is 0. The maximum absolute atomic E-state index is 12.8. The molecule has 0 unspecified atom stereocenters. The van der Waals surface area contributed by atoms with Crippen molar-refractivity contribution in [3.8, 4) is 0 Å². The molecule has 2 amide bonds. The third kappa shape index (κ3) is 5.09. The molecule has 0 aliphatic rings. The highest BCUT2D eigenvalue weighted by Crippen LogP contribution is 2.29. The van der Waals surface area contributed by atoms with Crippen molar-refractivity contribution in [2.45, 2.75) is 52.7 Å². The van der Waals surface area contributed by atoms with Gasteiger partial charge in [0.2, 0.25) is 0 Å². The number of carbonyl (C=O) groups is 2. The summed E-state index contributed by atoms with van der Waals surface area (Å²) in [5.74, 6) is 0. The zero-order valence-electron chi connectivity index (χ0n) is 15.5. The van der Waals surface area contributed by atoms with Crippen molar-refractivity contribution in [3.05, 3.63) is 26.6 Å². The van der Waals surface area contributed by atoms with Crippen LogP contribution >= 0.6 is 38.5 Å². The molecule has 0 atom stereocenters. The predicted molar refractivity (Wildman–Crippen MR) is 111 cm³/mol. The molecule has 7 nitrogen and oxygen atoms in total. The van der Waals surface area contributed by atoms with Crippen LogP contribution in [-0.4, -0.2) is 32.8 Å². The lowest BCUT2D eigenvalue weighted by Crippen LogP contribution is -2.44. The largest absolute Gasteiger partial charge is 0.443 e. The first-order valence-corrected chi connectivity index (χ1v) is 9.74. The molecule has 0 fully saturated rings. The van der Waals surface area contributed by atoms with Gasteiger partial charge in [0.25, 0.3) is 0 Å². The Kier molecular flexibility index (Phi) is 5.91. The molecular weight excluding hydrogens is 517 g/mol. The van der Waals surface area contributed by atoms with E-state index in [2.05, 4.69) is 43.5 Å². The standard InChI is InChI=1S/C17H21BrIN3O4/c1-16(2,3)25-14(23)22(15(24)26-17(4,5)6)11-7-10(18)9-21-12(19)8-20-13(11)21/h7-9H,1-6H3. The number of ether oxygens (including phenoxy) is 2. The van der Waals surface area contributed by atoms with Crippen LogP contribution in [0.2, 0.25) is 0 Å². The van der Waals surface area contributed by atoms with Gasteiger partial charge in [0.1, 0.15) is 20.6 Å². The Morgan fingerprint density at radius 1 is 1.12 bits per heavy atom. The Morgan fingerprint density at radius 3 is 2.08 bits per heavy atom. The molecule has 0 bridgehead atoms. The molecule has 0 radical (unpaired) electrons. The Balaban J connectivity index is 2.60. The average molecular weight is 538 g/mol. The van der Waals surface area contributed by atoms with Gasteiger partial charge < -0.3 is 9.47 Å². The average Bonchev–Trinajstić information content (AvgIpc) is 2.76. The number of imidazole rings is 1. The molecule has 2 aromatic rings. The fraction of sp³-hybridized carbons (Fsp3) is 0.471. The van der Waals surface area contributed by atoms with E-state index in [0.29, 0.717) is 10.1 Å². The molecule has 0 N–H and O–H groups in total. The molecular formula is C17H21BrIN3O4. The smallest absolute Gasteiger partial charge is 0.424 e. The quantitative estimate of drug-likeness (QED) is 0.457. The molecule has 26 heavy (non-hydrogen) atoms. The maximum atomic E-state index is 12.8. The fourth-order valence-electron chi connectivity index (χ4n) is 2.06. The minimum Gasteiger partial charge on any atom is -0.443 e. The van der Waals surface area contributed by atoms with Crippen molar-refractivity contribution in [1.29, 1.82) is 0 Å². The zero-order valence-corrected chi connectivity index (χ0v) is 19.2. The van der Waals surface area contributed by atoms with Gasteiger partial charge in [0.15, 0.2) is 5.65 Å². The van der Waals surface area contributed by atoms with E-state index in [-0.39, 0.29) is 5.69 Å². The molecule has 9 heteroatoms. The number of hydrogen-bond acceptors (Lipinski definition) is 5. The molecule has 0 aromatic carbocycles. The number of fused-ring (bicyclic) bond motifs is 1. The number of nitrogens with zero attached hydrogens (tertiary/aromatic N) is 3. The van der Waals surface area contributed by atoms with E-state index in [1.807, 2.05) is 0 Å². The van der Waals surface area contributed by atoms with Gasteiger partial charge in [0.05, 0.1) is 6.20 Å². The Morgan fingerprint density at radius 2 is 1.62 bits per heavy atom. The summed E-state index contributed by atoms with van der Waals surface area (Å²) in [6.45, 7) is 10.4. The number of pyridine rings is 1. The van der Waals surface area contributed by atoms with E-state index in [1.54, 1.807) is 64.4 Å². The molecule has 2 heterocycles. The first kappa shape index (κ1) is 20.9. The first-order chi connectivity index (χ1) is 11.8. The van der Waals surface area contributed by atoms with E-state index in [0.717, 1.165) is 8.60 Å². The van der Waals surface area contributed by atoms with Crippen LogP contribution in [-0.2, 0) is 9.47 Å². The van der Waals surface area contributed by atoms with Crippen LogP contribution in [0.4, 0.5) is 15.3 Å². The van der Waals surface area contributed by atoms with Crippen molar-refractivity contribution in [2.75, 3.05) is 4.90 Å². The Hall–Kier alpha value is -1.36. The van der Waals surface area contributed by atoms with Gasteiger partial charge >= 0.3 is 12.2 Å². The summed E-state index contributed by atoms with van der Waals surface area (Å²) in [5.41, 5.74) is -0.840. The number of rotatable bonds is 1. The molecule has 142 valence electrons. The fourth-order valence-corrected chi connectivity index (χ4v) is 2.99. The molecule has 0 spiro atoms. The number of imide groups is 1. The summed E-state index contributed by atoms with van der Waals surface area (Å²) in [5, 5.41) is 0. The van der Waals surface area contributed by atoms with Crippen LogP contribution in [0, 0.1) is 3.70 Å². The number of aromatic nitrogens is 2. The third-order valence-electron chi connectivity index (χ3n) is 2.90. The van der Waals surface area contributed by atoms with Crippen LogP contribution in [0.15, 0.2) is 22.9 Å². The Labute approximate surface area is 174 Å². The predicted octanol–water partition coefficient (Wildman–Crippen LogP) is 5.38. The molecule has 0 aliphatic heterocycles. The monoisotopic (exact) mass is 537 g/mol. The lowest BCUT2D eigenvalue weighted by atomic mass is 10.2. The third-order valence-corrected chi connectivity index (χ3v) is 4.13. The topological polar surface area (TPSA) is 73.1 Å². The number of halogens is 2. The van der Waals surface area contributed by atoms with Crippen molar-refractivity contribution >= 4 is 62.0 Å². The van der Waals surface area contributed by atoms with Crippen molar-refractivity contribution in [2.24, 2.45) is 0 Å². The second-order valence-corrected chi connectivity index (χ2v) is 9.64. The maximum Gasteiger partial charge on any atom is 0.424 e. The van der Waals surface area contributed by atoms with Gasteiger partial charge in [0, 0.05) is 10.7 Å². The second kappa shape index (κ2) is 7.34. The molecule has 0 aliphatic carbocycles. The van der Waals surface area contributed by atoms with Gasteiger partial charge in [-0.25, -0.2) is 14.6 Å². The number of anilines is 1. The highest BCUT2D eigenvalue weighted by molar-refractivity contribution is 14.1. The van der Waals surface area contributed by atoms with Gasteiger partial charge in [-0.2, -0.15) is 4.90 Å². The summed E-state index contributed by atoms with van der Waals surface area (Å²) in [4.78, 5) is 30.8. The van der Waals surface area contributed by atoms with Crippen molar-refractivity contribution in [3.63, 3.8) is 0 Å². The summed E-state index contributed by atoms with van der Waals surface area (Å²) < 4.78 is 14.1. The van der Waals surface area contributed by atoms with E-state index in [4.69, 9.17) is 9.47 Å².